The van der Waals surface area contributed by atoms with Gasteiger partial charge in [0.05, 0.1) is 12.4 Å². The van der Waals surface area contributed by atoms with Crippen LogP contribution in [0.1, 0.15) is 0 Å². The van der Waals surface area contributed by atoms with Crippen molar-refractivity contribution in [2.75, 3.05) is 37.9 Å². The summed E-state index contributed by atoms with van der Waals surface area (Å²) in [5.41, 5.74) is 2.44. The Morgan fingerprint density at radius 1 is 1.36 bits per heavy atom. The highest BCUT2D eigenvalue weighted by Crippen LogP contribution is 2.03. The molecule has 0 fully saturated rings. The van der Waals surface area contributed by atoms with E-state index < -0.39 is 0 Å². The Kier molecular flexibility index (Phi) is 4.09. The highest BCUT2D eigenvalue weighted by atomic mass is 15.3. The fourth-order valence-electron chi connectivity index (χ4n) is 0.928. The maximum Gasteiger partial charge on any atom is 0.160 e. The fourth-order valence-corrected chi connectivity index (χ4v) is 0.928. The minimum Gasteiger partial charge on any atom is -0.367 e. The number of anilines is 2. The van der Waals surface area contributed by atoms with Gasteiger partial charge < -0.3 is 15.6 Å². The molecule has 0 radical (unpaired) electrons. The van der Waals surface area contributed by atoms with Crippen molar-refractivity contribution in [3.8, 4) is 0 Å². The lowest BCUT2D eigenvalue weighted by Crippen LogP contribution is -2.21. The molecule has 6 nitrogen and oxygen atoms in total. The van der Waals surface area contributed by atoms with Gasteiger partial charge >= 0.3 is 0 Å². The van der Waals surface area contributed by atoms with Crippen LogP contribution in [0.25, 0.3) is 0 Å². The minimum atomic E-state index is 0.555. The second-order valence-electron chi connectivity index (χ2n) is 3.16. The summed E-state index contributed by atoms with van der Waals surface area (Å²) in [6.07, 6.45) is 3.23. The third kappa shape index (κ3) is 3.55. The number of hydrazine groups is 1. The summed E-state index contributed by atoms with van der Waals surface area (Å²) in [5, 5.41) is 3.14. The zero-order valence-corrected chi connectivity index (χ0v) is 8.49. The third-order valence-corrected chi connectivity index (χ3v) is 1.65. The van der Waals surface area contributed by atoms with Crippen LogP contribution in [0.15, 0.2) is 12.4 Å². The number of hydrogen-bond donors (Lipinski definition) is 3. The standard InChI is InChI=1S/C8H16N6/c1-14(2)4-3-11-7-5-10-6-8(12-7)13-9/h5-6H,3-4,9H2,1-2H3,(H2,11,12,13). The number of nitrogen functional groups attached to an aromatic ring is 1. The molecule has 1 aromatic heterocycles. The highest BCUT2D eigenvalue weighted by molar-refractivity contribution is 5.40. The smallest absolute Gasteiger partial charge is 0.160 e. The molecule has 0 aliphatic rings. The lowest BCUT2D eigenvalue weighted by Gasteiger charge is -2.10. The van der Waals surface area contributed by atoms with E-state index in [0.29, 0.717) is 5.82 Å². The largest absolute Gasteiger partial charge is 0.367 e. The molecule has 0 spiro atoms. The van der Waals surface area contributed by atoms with Crippen molar-refractivity contribution in [3.63, 3.8) is 0 Å². The molecular weight excluding hydrogens is 180 g/mol. The van der Waals surface area contributed by atoms with Crippen molar-refractivity contribution < 1.29 is 0 Å². The predicted octanol–water partition coefficient (Wildman–Crippen LogP) is -0.264. The summed E-state index contributed by atoms with van der Waals surface area (Å²) in [7, 11) is 4.04. The van der Waals surface area contributed by atoms with Crippen molar-refractivity contribution in [2.45, 2.75) is 0 Å². The van der Waals surface area contributed by atoms with E-state index in [1.165, 1.54) is 0 Å². The fraction of sp³-hybridized carbons (Fsp3) is 0.500. The van der Waals surface area contributed by atoms with Gasteiger partial charge in [0.25, 0.3) is 0 Å². The van der Waals surface area contributed by atoms with Gasteiger partial charge in [-0.3, -0.25) is 4.98 Å². The molecule has 4 N–H and O–H groups in total. The first-order valence-electron chi connectivity index (χ1n) is 4.39. The molecule has 1 heterocycles. The molecule has 78 valence electrons. The first-order chi connectivity index (χ1) is 6.72. The quantitative estimate of drug-likeness (QED) is 0.444. The molecule has 0 amide bonds. The Labute approximate surface area is 83.5 Å². The van der Waals surface area contributed by atoms with Gasteiger partial charge in [-0.15, -0.1) is 0 Å². The molecular formula is C8H16N6. The Bertz CT molecular complexity index is 274. The number of nitrogens with two attached hydrogens (primary N) is 1. The topological polar surface area (TPSA) is 79.1 Å². The van der Waals surface area contributed by atoms with E-state index >= 15 is 0 Å². The summed E-state index contributed by atoms with van der Waals surface area (Å²) in [6.45, 7) is 1.78. The molecule has 0 aliphatic carbocycles. The van der Waals surface area contributed by atoms with Crippen molar-refractivity contribution >= 4 is 11.6 Å². The van der Waals surface area contributed by atoms with Gasteiger partial charge in [-0.1, -0.05) is 0 Å². The zero-order valence-electron chi connectivity index (χ0n) is 8.49. The number of rotatable bonds is 5. The molecule has 0 unspecified atom stereocenters. The van der Waals surface area contributed by atoms with Gasteiger partial charge in [0.2, 0.25) is 0 Å². The van der Waals surface area contributed by atoms with Gasteiger partial charge in [-0.2, -0.15) is 0 Å². The third-order valence-electron chi connectivity index (χ3n) is 1.65. The lowest BCUT2D eigenvalue weighted by molar-refractivity contribution is 0.425. The minimum absolute atomic E-state index is 0.555. The number of nitrogens with one attached hydrogen (secondary N) is 2. The summed E-state index contributed by atoms with van der Waals surface area (Å²) >= 11 is 0. The second-order valence-corrected chi connectivity index (χ2v) is 3.16. The Morgan fingerprint density at radius 2 is 2.07 bits per heavy atom. The van der Waals surface area contributed by atoms with Crippen LogP contribution in [0, 0.1) is 0 Å². The molecule has 0 saturated heterocycles. The molecule has 0 aromatic carbocycles. The number of likely N-dealkylation sites (N-methyl/N-ethyl adjacent to an activating group) is 1. The number of hydrogen-bond acceptors (Lipinski definition) is 6. The molecule has 0 saturated carbocycles. The summed E-state index contributed by atoms with van der Waals surface area (Å²) in [4.78, 5) is 10.2. The molecule has 0 bridgehead atoms. The second kappa shape index (κ2) is 5.36. The van der Waals surface area contributed by atoms with Crippen molar-refractivity contribution in [2.24, 2.45) is 5.84 Å². The average molecular weight is 196 g/mol. The van der Waals surface area contributed by atoms with E-state index in [9.17, 15) is 0 Å². The monoisotopic (exact) mass is 196 g/mol. The average Bonchev–Trinajstić information content (AvgIpc) is 2.18. The summed E-state index contributed by atoms with van der Waals surface area (Å²) in [5.74, 6) is 6.49. The van der Waals surface area contributed by atoms with Crippen LogP contribution in [0.3, 0.4) is 0 Å². The molecule has 0 atom stereocenters. The van der Waals surface area contributed by atoms with Crippen LogP contribution in [-0.2, 0) is 0 Å². The van der Waals surface area contributed by atoms with Crippen molar-refractivity contribution in [1.29, 1.82) is 0 Å². The van der Waals surface area contributed by atoms with E-state index in [4.69, 9.17) is 5.84 Å². The lowest BCUT2D eigenvalue weighted by atomic mass is 10.5. The SMILES string of the molecule is CN(C)CCNc1cncc(NN)n1. The van der Waals surface area contributed by atoms with Gasteiger partial charge in [-0.25, -0.2) is 10.8 Å². The highest BCUT2D eigenvalue weighted by Gasteiger charge is 1.96. The van der Waals surface area contributed by atoms with E-state index in [0.717, 1.165) is 18.9 Å². The Balaban J connectivity index is 2.42. The van der Waals surface area contributed by atoms with Crippen molar-refractivity contribution in [1.82, 2.24) is 14.9 Å². The van der Waals surface area contributed by atoms with Crippen LogP contribution in [0.5, 0.6) is 0 Å². The van der Waals surface area contributed by atoms with Crippen molar-refractivity contribution in [3.05, 3.63) is 12.4 Å². The maximum atomic E-state index is 5.21. The number of aromatic nitrogens is 2. The van der Waals surface area contributed by atoms with Crippen LogP contribution in [0.4, 0.5) is 11.6 Å². The molecule has 14 heavy (non-hydrogen) atoms. The summed E-state index contributed by atoms with van der Waals surface area (Å²) in [6, 6.07) is 0. The maximum absolute atomic E-state index is 5.21. The molecule has 0 aliphatic heterocycles. The van der Waals surface area contributed by atoms with E-state index in [1.807, 2.05) is 14.1 Å². The van der Waals surface area contributed by atoms with E-state index in [2.05, 4.69) is 25.6 Å². The van der Waals surface area contributed by atoms with Crippen LogP contribution >= 0.6 is 0 Å². The summed E-state index contributed by atoms with van der Waals surface area (Å²) < 4.78 is 0. The normalized spacial score (nSPS) is 10.3. The van der Waals surface area contributed by atoms with Crippen LogP contribution < -0.4 is 16.6 Å². The van der Waals surface area contributed by atoms with E-state index in [1.54, 1.807) is 12.4 Å². The van der Waals surface area contributed by atoms with Crippen LogP contribution in [-0.4, -0.2) is 42.1 Å². The van der Waals surface area contributed by atoms with Gasteiger partial charge in [0.1, 0.15) is 5.82 Å². The first kappa shape index (κ1) is 10.7. The molecule has 1 aromatic rings. The Hall–Kier alpha value is -1.40. The Morgan fingerprint density at radius 3 is 2.71 bits per heavy atom. The van der Waals surface area contributed by atoms with Gasteiger partial charge in [0.15, 0.2) is 5.82 Å². The predicted molar refractivity (Wildman–Crippen MR) is 56.9 cm³/mol. The number of nitrogens with zero attached hydrogens (tertiary/aromatic N) is 3. The van der Waals surface area contributed by atoms with Crippen LogP contribution in [0.2, 0.25) is 0 Å². The molecule has 6 heteroatoms. The zero-order chi connectivity index (χ0) is 10.4. The first-order valence-corrected chi connectivity index (χ1v) is 4.39. The van der Waals surface area contributed by atoms with Gasteiger partial charge in [-0.05, 0) is 14.1 Å². The van der Waals surface area contributed by atoms with E-state index in [-0.39, 0.29) is 0 Å². The van der Waals surface area contributed by atoms with Gasteiger partial charge in [0, 0.05) is 13.1 Å². The molecule has 1 rings (SSSR count).